The Balaban J connectivity index is 1.90. The van der Waals surface area contributed by atoms with Gasteiger partial charge in [-0.1, -0.05) is 42.5 Å². The predicted molar refractivity (Wildman–Crippen MR) is 107 cm³/mol. The lowest BCUT2D eigenvalue weighted by Gasteiger charge is -2.19. The predicted octanol–water partition coefficient (Wildman–Crippen LogP) is 4.03. The molecule has 2 aromatic carbocycles. The average Bonchev–Trinajstić information content (AvgIpc) is 3.11. The SMILES string of the molecule is CNc1cccc(-c2cnn(Cc3ccccc3)c2)c1NC(C)CC=O. The molecule has 0 aliphatic rings. The zero-order valence-electron chi connectivity index (χ0n) is 15.1. The van der Waals surface area contributed by atoms with Gasteiger partial charge in [0.05, 0.1) is 24.1 Å². The van der Waals surface area contributed by atoms with Crippen LogP contribution >= 0.6 is 0 Å². The first-order chi connectivity index (χ1) is 12.7. The van der Waals surface area contributed by atoms with Crippen molar-refractivity contribution < 1.29 is 4.79 Å². The Labute approximate surface area is 154 Å². The smallest absolute Gasteiger partial charge is 0.122 e. The summed E-state index contributed by atoms with van der Waals surface area (Å²) in [7, 11) is 1.90. The summed E-state index contributed by atoms with van der Waals surface area (Å²) in [5, 5.41) is 11.2. The summed E-state index contributed by atoms with van der Waals surface area (Å²) in [6.07, 6.45) is 5.34. The van der Waals surface area contributed by atoms with Crippen molar-refractivity contribution in [2.45, 2.75) is 25.9 Å². The first kappa shape index (κ1) is 17.7. The van der Waals surface area contributed by atoms with Gasteiger partial charge >= 0.3 is 0 Å². The second-order valence-electron chi connectivity index (χ2n) is 6.34. The van der Waals surface area contributed by atoms with Crippen molar-refractivity contribution in [1.29, 1.82) is 0 Å². The van der Waals surface area contributed by atoms with Crippen molar-refractivity contribution in [3.63, 3.8) is 0 Å². The Kier molecular flexibility index (Phi) is 5.69. The lowest BCUT2D eigenvalue weighted by Crippen LogP contribution is -2.17. The molecule has 1 aromatic heterocycles. The highest BCUT2D eigenvalue weighted by Gasteiger charge is 2.13. The van der Waals surface area contributed by atoms with Gasteiger partial charge in [-0.05, 0) is 18.6 Å². The van der Waals surface area contributed by atoms with E-state index in [1.165, 1.54) is 5.56 Å². The third kappa shape index (κ3) is 4.11. The van der Waals surface area contributed by atoms with Gasteiger partial charge in [0.15, 0.2) is 0 Å². The second-order valence-corrected chi connectivity index (χ2v) is 6.34. The molecule has 0 aliphatic carbocycles. The number of nitrogens with zero attached hydrogens (tertiary/aromatic N) is 2. The molecule has 0 radical (unpaired) electrons. The topological polar surface area (TPSA) is 59.0 Å². The summed E-state index contributed by atoms with van der Waals surface area (Å²) in [5.74, 6) is 0. The van der Waals surface area contributed by atoms with Gasteiger partial charge in [0.25, 0.3) is 0 Å². The second kappa shape index (κ2) is 8.34. The Bertz CT molecular complexity index is 857. The van der Waals surface area contributed by atoms with Crippen LogP contribution < -0.4 is 10.6 Å². The Morgan fingerprint density at radius 2 is 1.96 bits per heavy atom. The minimum Gasteiger partial charge on any atom is -0.386 e. The van der Waals surface area contributed by atoms with Crippen molar-refractivity contribution in [2.75, 3.05) is 17.7 Å². The summed E-state index contributed by atoms with van der Waals surface area (Å²) in [4.78, 5) is 10.8. The molecule has 0 spiro atoms. The fourth-order valence-electron chi connectivity index (χ4n) is 2.97. The van der Waals surface area contributed by atoms with Crippen molar-refractivity contribution in [3.8, 4) is 11.1 Å². The van der Waals surface area contributed by atoms with Crippen molar-refractivity contribution in [1.82, 2.24) is 9.78 Å². The number of carbonyl (C=O) groups is 1. The quantitative estimate of drug-likeness (QED) is 0.604. The number of hydrogen-bond donors (Lipinski definition) is 2. The number of para-hydroxylation sites is 1. The van der Waals surface area contributed by atoms with Gasteiger partial charge in [0.2, 0.25) is 0 Å². The molecule has 134 valence electrons. The monoisotopic (exact) mass is 348 g/mol. The first-order valence-electron chi connectivity index (χ1n) is 8.79. The molecule has 1 heterocycles. The average molecular weight is 348 g/mol. The molecular weight excluding hydrogens is 324 g/mol. The highest BCUT2D eigenvalue weighted by Crippen LogP contribution is 2.34. The normalized spacial score (nSPS) is 11.8. The lowest BCUT2D eigenvalue weighted by molar-refractivity contribution is -0.107. The molecule has 0 fully saturated rings. The number of nitrogens with one attached hydrogen (secondary N) is 2. The number of anilines is 2. The zero-order valence-corrected chi connectivity index (χ0v) is 15.1. The van der Waals surface area contributed by atoms with Crippen LogP contribution in [0.1, 0.15) is 18.9 Å². The Hall–Kier alpha value is -3.08. The van der Waals surface area contributed by atoms with Crippen LogP contribution in [0.5, 0.6) is 0 Å². The van der Waals surface area contributed by atoms with Gasteiger partial charge < -0.3 is 15.4 Å². The maximum absolute atomic E-state index is 10.8. The Morgan fingerprint density at radius 3 is 2.69 bits per heavy atom. The summed E-state index contributed by atoms with van der Waals surface area (Å²) < 4.78 is 1.94. The minimum atomic E-state index is 0.0557. The van der Waals surface area contributed by atoms with Crippen LogP contribution in [0.25, 0.3) is 11.1 Å². The standard InChI is InChI=1S/C21H24N4O/c1-16(11-12-26)24-21-19(9-6-10-20(21)22-2)18-13-23-25(15-18)14-17-7-4-3-5-8-17/h3-10,12-13,15-16,22,24H,11,14H2,1-2H3. The minimum absolute atomic E-state index is 0.0557. The van der Waals surface area contributed by atoms with Crippen LogP contribution in [0.15, 0.2) is 60.9 Å². The summed E-state index contributed by atoms with van der Waals surface area (Å²) in [6, 6.07) is 16.4. The molecule has 0 bridgehead atoms. The van der Waals surface area contributed by atoms with Gasteiger partial charge in [-0.3, -0.25) is 4.68 Å². The number of carbonyl (C=O) groups excluding carboxylic acids is 1. The van der Waals surface area contributed by atoms with Gasteiger partial charge in [-0.15, -0.1) is 0 Å². The van der Waals surface area contributed by atoms with Crippen LogP contribution in [0.3, 0.4) is 0 Å². The van der Waals surface area contributed by atoms with E-state index in [2.05, 4.69) is 40.1 Å². The molecular formula is C21H24N4O. The molecule has 0 amide bonds. The summed E-state index contributed by atoms with van der Waals surface area (Å²) >= 11 is 0. The molecule has 5 nitrogen and oxygen atoms in total. The van der Waals surface area contributed by atoms with E-state index in [4.69, 9.17) is 0 Å². The summed E-state index contributed by atoms with van der Waals surface area (Å²) in [6.45, 7) is 2.74. The maximum atomic E-state index is 10.8. The maximum Gasteiger partial charge on any atom is 0.122 e. The van der Waals surface area contributed by atoms with Crippen molar-refractivity contribution in [3.05, 3.63) is 66.5 Å². The highest BCUT2D eigenvalue weighted by atomic mass is 16.1. The molecule has 3 rings (SSSR count). The van der Waals surface area contributed by atoms with E-state index in [9.17, 15) is 4.79 Å². The number of hydrogen-bond acceptors (Lipinski definition) is 4. The van der Waals surface area contributed by atoms with E-state index < -0.39 is 0 Å². The van der Waals surface area contributed by atoms with E-state index >= 15 is 0 Å². The number of benzene rings is 2. The van der Waals surface area contributed by atoms with E-state index in [-0.39, 0.29) is 6.04 Å². The molecule has 26 heavy (non-hydrogen) atoms. The molecule has 0 saturated heterocycles. The van der Waals surface area contributed by atoms with Gasteiger partial charge in [0.1, 0.15) is 6.29 Å². The van der Waals surface area contributed by atoms with Gasteiger partial charge in [-0.25, -0.2) is 0 Å². The van der Waals surface area contributed by atoms with Gasteiger partial charge in [0, 0.05) is 36.8 Å². The highest BCUT2D eigenvalue weighted by molar-refractivity contribution is 5.87. The molecule has 1 atom stereocenters. The van der Waals surface area contributed by atoms with E-state index in [1.807, 2.05) is 55.2 Å². The lowest BCUT2D eigenvalue weighted by atomic mass is 10.0. The number of aromatic nitrogens is 2. The molecule has 2 N–H and O–H groups in total. The Morgan fingerprint density at radius 1 is 1.15 bits per heavy atom. The van der Waals surface area contributed by atoms with Crippen molar-refractivity contribution in [2.24, 2.45) is 0 Å². The van der Waals surface area contributed by atoms with Gasteiger partial charge in [-0.2, -0.15) is 5.10 Å². The molecule has 1 unspecified atom stereocenters. The number of aldehydes is 1. The van der Waals surface area contributed by atoms with E-state index in [0.717, 1.165) is 35.3 Å². The molecule has 5 heteroatoms. The number of rotatable bonds is 8. The third-order valence-corrected chi connectivity index (χ3v) is 4.31. The van der Waals surface area contributed by atoms with Crippen LogP contribution in [-0.4, -0.2) is 29.2 Å². The zero-order chi connectivity index (χ0) is 18.4. The van der Waals surface area contributed by atoms with E-state index in [1.54, 1.807) is 0 Å². The van der Waals surface area contributed by atoms with Crippen molar-refractivity contribution >= 4 is 17.7 Å². The fraction of sp³-hybridized carbons (Fsp3) is 0.238. The van der Waals surface area contributed by atoms with Crippen LogP contribution in [0.4, 0.5) is 11.4 Å². The van der Waals surface area contributed by atoms with Crippen LogP contribution in [-0.2, 0) is 11.3 Å². The molecule has 0 aliphatic heterocycles. The molecule has 3 aromatic rings. The molecule has 0 saturated carbocycles. The van der Waals surface area contributed by atoms with E-state index in [0.29, 0.717) is 6.42 Å². The van der Waals surface area contributed by atoms with Crippen LogP contribution in [0, 0.1) is 0 Å². The first-order valence-corrected chi connectivity index (χ1v) is 8.79. The van der Waals surface area contributed by atoms with Crippen LogP contribution in [0.2, 0.25) is 0 Å². The largest absolute Gasteiger partial charge is 0.386 e. The third-order valence-electron chi connectivity index (χ3n) is 4.31. The fourth-order valence-corrected chi connectivity index (χ4v) is 2.97. The summed E-state index contributed by atoms with van der Waals surface area (Å²) in [5.41, 5.74) is 5.30.